The first-order valence-electron chi connectivity index (χ1n) is 48.2. The molecule has 5 heterocycles. The third-order valence-corrected chi connectivity index (χ3v) is 32.2. The molecule has 8 bridgehead atoms. The minimum atomic E-state index is -0.0275. The van der Waals surface area contributed by atoms with Crippen LogP contribution in [0, 0.1) is 47.3 Å². The van der Waals surface area contributed by atoms with Crippen molar-refractivity contribution < 1.29 is 61.0 Å². The minimum absolute atomic E-state index is 0.00237. The average Bonchev–Trinajstić information content (AvgIpc) is 1.55. The second-order valence-corrected chi connectivity index (χ2v) is 45.5. The van der Waals surface area contributed by atoms with Gasteiger partial charge in [0.1, 0.15) is 43.6 Å². The lowest BCUT2D eigenvalue weighted by Crippen LogP contribution is -2.45. The summed E-state index contributed by atoms with van der Waals surface area (Å²) in [5, 5.41) is 17.7. The molecule has 4 aromatic carbocycles. The van der Waals surface area contributed by atoms with E-state index in [0.29, 0.717) is 219 Å². The first kappa shape index (κ1) is 108. The predicted molar refractivity (Wildman–Crippen MR) is 547 cm³/mol. The lowest BCUT2D eigenvalue weighted by molar-refractivity contribution is -0.903. The Kier molecular flexibility index (Phi) is 41.0. The van der Waals surface area contributed by atoms with E-state index < -0.39 is 0 Å². The van der Waals surface area contributed by atoms with Crippen LogP contribution in [0.15, 0.2) is 19.6 Å². The molecule has 0 saturated carbocycles. The van der Waals surface area contributed by atoms with Gasteiger partial charge in [0.05, 0.1) is 218 Å². The Morgan fingerprint density at radius 1 is 0.318 bits per heavy atom. The Balaban J connectivity index is 1.73. The van der Waals surface area contributed by atoms with Gasteiger partial charge in [0.25, 0.3) is 0 Å². The Morgan fingerprint density at radius 2 is 0.574 bits per heavy atom. The van der Waals surface area contributed by atoms with Crippen LogP contribution in [0.25, 0.3) is 89.7 Å². The van der Waals surface area contributed by atoms with Gasteiger partial charge in [-0.25, -0.2) is 29.9 Å². The topological polar surface area (TPSA) is 192 Å². The van der Waals surface area contributed by atoms with E-state index in [4.69, 9.17) is 114 Å². The first-order valence-corrected chi connectivity index (χ1v) is 53.6. The van der Waals surface area contributed by atoms with Crippen molar-refractivity contribution in [3.8, 4) is 85.8 Å². The summed E-state index contributed by atoms with van der Waals surface area (Å²) in [6.45, 7) is 66.2. The fourth-order valence-electron chi connectivity index (χ4n) is 15.0. The smallest absolute Gasteiger partial charge is 0.184 e. The molecule has 720 valence electrons. The molecule has 0 aliphatic carbocycles. The highest BCUT2D eigenvalue weighted by Gasteiger charge is 2.41. The van der Waals surface area contributed by atoms with Gasteiger partial charge in [-0.15, -0.1) is 51.8 Å². The molecule has 2 aliphatic heterocycles. The number of fused-ring (bicyclic) bond motifs is 20. The number of H-pyrrole nitrogens is 1. The van der Waals surface area contributed by atoms with Crippen molar-refractivity contribution in [1.82, 2.24) is 39.6 Å². The van der Waals surface area contributed by atoms with Crippen molar-refractivity contribution >= 4 is 138 Å². The first-order chi connectivity index (χ1) is 61.2. The third-order valence-electron chi connectivity index (χ3n) is 26.0. The van der Waals surface area contributed by atoms with Crippen molar-refractivity contribution in [2.24, 2.45) is 47.3 Å². The fraction of sp³-hybridized carbons (Fsp3) is 0.680. The van der Waals surface area contributed by atoms with Crippen LogP contribution in [-0.2, 0) is 11.3 Å². The number of hydrogen-bond donors (Lipinski definition) is 2. The van der Waals surface area contributed by atoms with Crippen LogP contribution in [0.4, 0.5) is 0 Å². The molecule has 0 spiro atoms. The quantitative estimate of drug-likeness (QED) is 0.0208. The minimum Gasteiger partial charge on any atom is -0.492 e. The second kappa shape index (κ2) is 49.1. The highest BCUT2D eigenvalue weighted by Crippen LogP contribution is 2.60. The number of aromatic amines is 1. The zero-order chi connectivity index (χ0) is 94.7. The number of halogens is 4. The summed E-state index contributed by atoms with van der Waals surface area (Å²) in [5.41, 5.74) is 3.19. The van der Waals surface area contributed by atoms with Crippen LogP contribution in [0.5, 0.6) is 40.2 Å². The van der Waals surface area contributed by atoms with E-state index in [1.165, 1.54) is 0 Å². The zero-order valence-electron chi connectivity index (χ0n) is 83.5. The van der Waals surface area contributed by atoms with Gasteiger partial charge in [-0.05, 0) is 148 Å². The summed E-state index contributed by atoms with van der Waals surface area (Å²) >= 11 is 39.9. The molecule has 0 atom stereocenters. The predicted octanol–water partition coefficient (Wildman–Crippen LogP) is 26.7. The molecule has 129 heavy (non-hydrogen) atoms. The molecule has 0 unspecified atom stereocenters. The summed E-state index contributed by atoms with van der Waals surface area (Å²) in [5.74, 6) is 7.91. The van der Waals surface area contributed by atoms with Crippen molar-refractivity contribution in [2.45, 2.75) is 237 Å². The van der Waals surface area contributed by atoms with Crippen molar-refractivity contribution in [3.63, 3.8) is 0 Å². The van der Waals surface area contributed by atoms with E-state index in [9.17, 15) is 5.21 Å². The molecule has 3 aromatic heterocycles. The van der Waals surface area contributed by atoms with E-state index in [1.54, 1.807) is 47.0 Å². The molecule has 2 aliphatic rings. The Morgan fingerprint density at radius 3 is 0.922 bits per heavy atom. The molecule has 0 amide bonds. The molecule has 29 heteroatoms. The van der Waals surface area contributed by atoms with E-state index in [2.05, 4.69) is 199 Å². The zero-order valence-corrected chi connectivity index (χ0v) is 89.8. The van der Waals surface area contributed by atoms with Crippen molar-refractivity contribution in [3.05, 3.63) is 25.7 Å². The lowest BCUT2D eigenvalue weighted by atomic mass is 10.00. The van der Waals surface area contributed by atoms with Gasteiger partial charge in [-0.3, -0.25) is 0 Å². The summed E-state index contributed by atoms with van der Waals surface area (Å²) in [6, 6.07) is 0. The maximum Gasteiger partial charge on any atom is 0.184 e. The van der Waals surface area contributed by atoms with Crippen molar-refractivity contribution in [1.29, 1.82) is 0 Å². The van der Waals surface area contributed by atoms with Crippen LogP contribution < -0.4 is 33.2 Å². The molecule has 0 radical (unpaired) electrons. The van der Waals surface area contributed by atoms with Crippen LogP contribution in [0.1, 0.15) is 217 Å². The van der Waals surface area contributed by atoms with Crippen LogP contribution in [0.2, 0.25) is 20.1 Å². The molecular weight excluding hydrogens is 1780 g/mol. The van der Waals surface area contributed by atoms with Gasteiger partial charge in [-0.2, -0.15) is 0 Å². The highest BCUT2D eigenvalue weighted by atomic mass is 35.5. The maximum atomic E-state index is 14.6. The average molecular weight is 1940 g/mol. The fourth-order valence-corrected chi connectivity index (χ4v) is 21.6. The van der Waals surface area contributed by atoms with Gasteiger partial charge >= 0.3 is 0 Å². The number of rotatable bonds is 56. The van der Waals surface area contributed by atoms with Crippen molar-refractivity contribution in [2.75, 3.05) is 183 Å². The van der Waals surface area contributed by atoms with E-state index >= 15 is 0 Å². The van der Waals surface area contributed by atoms with E-state index in [1.807, 2.05) is 0 Å². The van der Waals surface area contributed by atoms with Gasteiger partial charge in [0.2, 0.25) is 0 Å². The molecule has 9 rings (SSSR count). The van der Waals surface area contributed by atoms with E-state index in [-0.39, 0.29) is 121 Å². The third kappa shape index (κ3) is 26.8. The molecule has 0 fully saturated rings. The number of benzene rings is 4. The number of quaternary nitrogens is 4. The molecule has 21 nitrogen and oxygen atoms in total. The highest BCUT2D eigenvalue weighted by molar-refractivity contribution is 8.00. The number of nitrogens with zero attached hydrogens (tertiary/aromatic N) is 11. The maximum absolute atomic E-state index is 14.6. The number of thioether (sulfide) groups is 4. The van der Waals surface area contributed by atoms with Gasteiger partial charge < -0.3 is 66.0 Å². The number of ether oxygens (including phenoxy) is 8. The molecule has 7 aromatic rings. The number of hydrogen-bond acceptors (Lipinski definition) is 19. The van der Waals surface area contributed by atoms with Crippen LogP contribution in [-0.4, -0.2) is 245 Å². The van der Waals surface area contributed by atoms with Gasteiger partial charge in [-0.1, -0.05) is 157 Å². The SMILES string of the molecule is CC[N+](C)(CC)CCSc1c(Cl)c(OCCC(C)C)c2c(c1COCC(C)C)-c1nc-2nc2c3c(OCCC(C)C)c(SCC[N+](C)(CC)CC)c(Cl)c(OCCC(C)C)c3c(nc3nc(nc4[nH]c(n1)c1c(OCCC(C)C)c(Cl)c(SCC[N+](C)(CC)CC)c(OCCC(C)C)c41)-c1c(OCCC(C)C)c(Cl)c(SCC[N+](C)(CC)CC)c(OCCC(C)C)c1-3)n2O. The van der Waals surface area contributed by atoms with E-state index in [0.717, 1.165) is 112 Å². The molecule has 2 N–H and O–H groups in total. The Labute approximate surface area is 810 Å². The van der Waals surface area contributed by atoms with Crippen LogP contribution >= 0.6 is 93.5 Å². The Bertz CT molecular complexity index is 5070. The van der Waals surface area contributed by atoms with Gasteiger partial charge in [0, 0.05) is 45.6 Å². The second-order valence-electron chi connectivity index (χ2n) is 39.5. The lowest BCUT2D eigenvalue weighted by Gasteiger charge is -2.32. The molecular formula is C100H158Cl4N12O9S4+4. The summed E-state index contributed by atoms with van der Waals surface area (Å²) in [6.07, 6.45) is 4.82. The molecule has 0 saturated heterocycles. The normalized spacial score (nSPS) is 12.8. The van der Waals surface area contributed by atoms with Gasteiger partial charge in [0.15, 0.2) is 57.6 Å². The van der Waals surface area contributed by atoms with Crippen LogP contribution in [0.3, 0.4) is 0 Å². The summed E-state index contributed by atoms with van der Waals surface area (Å²) < 4.78 is 63.2. The largest absolute Gasteiger partial charge is 0.492 e. The summed E-state index contributed by atoms with van der Waals surface area (Å²) in [7, 11) is 9.19. The summed E-state index contributed by atoms with van der Waals surface area (Å²) in [4.78, 5) is 42.2. The number of aromatic nitrogens is 8. The monoisotopic (exact) mass is 1940 g/mol. The standard InChI is InChI=1S/C100H158Cl4N12O9S4/c1-29-113(25,30-2)44-55-126-89-69(60-118-59-68(23)24)70-71(82(78(89)101)119-48-37-61(9)10)97-106-93(70)105-94-72-74(86(123-52-41-65(17)18)90(127-56-45-114(26,31-3)32-4)79(102)83(72)120-49-38-62(11)12)96(107-94)108-95-73-75(87(124-53-42-66(19)20)91(128-57-46-115(27,33-5)34-6)80(103)84(73)121-50-39-63(13)14)98(109-95)111-99-76-77(100(110-97)112(99)117)88(125-54-43-67(21)22)92(129-58-47-116(28,35-7)36-8)81(104)85(76)122-51-40-64(15)16/h61-68,117H,29-60H2,1-28H3,(H,105,106,107,108,109,110,111)/q+4. The Hall–Kier alpha value is -5.00. The number of nitrogens with one attached hydrogen (secondary N) is 1.